The quantitative estimate of drug-likeness (QED) is 0.263. The third-order valence-electron chi connectivity index (χ3n) is 3.97. The number of nitrogens with two attached hydrogens (primary N) is 1. The molecule has 0 aromatic heterocycles. The van der Waals surface area contributed by atoms with Gasteiger partial charge in [-0.05, 0) is 18.9 Å². The minimum atomic E-state index is -2.98. The highest BCUT2D eigenvalue weighted by Crippen LogP contribution is 2.25. The van der Waals surface area contributed by atoms with Crippen LogP contribution in [0.2, 0.25) is 0 Å². The molecule has 5 nitrogen and oxygen atoms in total. The molecule has 1 fully saturated rings. The maximum atomic E-state index is 13.8. The Morgan fingerprint density at radius 2 is 1.70 bits per heavy atom. The number of carbonyl (C=O) groups is 1. The first-order valence-electron chi connectivity index (χ1n) is 10.5. The van der Waals surface area contributed by atoms with E-state index < -0.39 is 35.3 Å². The maximum absolute atomic E-state index is 13.8. The first kappa shape index (κ1) is 32.4. The number of phenols is 1. The first-order valence-corrected chi connectivity index (χ1v) is 10.5. The smallest absolute Gasteiger partial charge is 0.266 e. The highest BCUT2D eigenvalue weighted by atomic mass is 19.3. The van der Waals surface area contributed by atoms with Crippen molar-refractivity contribution < 1.29 is 32.2 Å². The summed E-state index contributed by atoms with van der Waals surface area (Å²) in [6, 6.07) is 5.02. The molecular weight excluding hydrogens is 440 g/mol. The Bertz CT molecular complexity index is 822. The van der Waals surface area contributed by atoms with Gasteiger partial charge in [-0.25, -0.2) is 17.6 Å². The minimum absolute atomic E-state index is 0. The normalized spacial score (nSPS) is 11.5. The van der Waals surface area contributed by atoms with Crippen molar-refractivity contribution in [3.8, 4) is 5.75 Å². The molecule has 1 aliphatic heterocycles. The highest BCUT2D eigenvalue weighted by Gasteiger charge is 2.18. The number of carbonyl (C=O) groups excluding carboxylic acids is 1. The summed E-state index contributed by atoms with van der Waals surface area (Å²) in [5.74, 6) is -3.68. The fourth-order valence-corrected chi connectivity index (χ4v) is 2.46. The molecule has 0 aliphatic carbocycles. The molecule has 2 aromatic carbocycles. The van der Waals surface area contributed by atoms with E-state index in [1.165, 1.54) is 25.0 Å². The lowest BCUT2D eigenvalue weighted by Crippen LogP contribution is -2.24. The van der Waals surface area contributed by atoms with Gasteiger partial charge in [0.15, 0.2) is 11.6 Å². The van der Waals surface area contributed by atoms with Gasteiger partial charge in [0.25, 0.3) is 12.3 Å². The van der Waals surface area contributed by atoms with E-state index in [0.29, 0.717) is 0 Å². The molecule has 1 aliphatic rings. The molecule has 4 N–H and O–H groups in total. The fourth-order valence-electron chi connectivity index (χ4n) is 2.46. The van der Waals surface area contributed by atoms with Crippen LogP contribution >= 0.6 is 0 Å². The van der Waals surface area contributed by atoms with Gasteiger partial charge in [0, 0.05) is 37.1 Å². The van der Waals surface area contributed by atoms with E-state index >= 15 is 0 Å². The molecule has 0 spiro atoms. The second-order valence-electron chi connectivity index (χ2n) is 6.01. The summed E-state index contributed by atoms with van der Waals surface area (Å²) in [6.07, 6.45) is -0.421. The summed E-state index contributed by atoms with van der Waals surface area (Å²) in [6.45, 7) is 9.63. The van der Waals surface area contributed by atoms with Gasteiger partial charge >= 0.3 is 0 Å². The number of rotatable bonds is 4. The average molecular weight is 477 g/mol. The first-order chi connectivity index (χ1) is 15.3. The molecule has 0 radical (unpaired) electrons. The van der Waals surface area contributed by atoms with Crippen LogP contribution in [0, 0.1) is 11.6 Å². The van der Waals surface area contributed by atoms with Crippen molar-refractivity contribution in [3.05, 3.63) is 58.7 Å². The third kappa shape index (κ3) is 10.6. The van der Waals surface area contributed by atoms with Gasteiger partial charge in [0.05, 0.1) is 11.1 Å². The van der Waals surface area contributed by atoms with Gasteiger partial charge < -0.3 is 20.9 Å². The molecule has 9 heteroatoms. The molecule has 1 heterocycles. The molecule has 188 valence electrons. The molecular formula is C24H36F4N2O3. The van der Waals surface area contributed by atoms with E-state index in [-0.39, 0.29) is 30.8 Å². The summed E-state index contributed by atoms with van der Waals surface area (Å²) in [7, 11) is 0. The van der Waals surface area contributed by atoms with E-state index in [2.05, 4.69) is 5.32 Å². The number of phenolic OH excluding ortho intramolecular Hbond substituents is 1. The number of anilines is 1. The monoisotopic (exact) mass is 476 g/mol. The van der Waals surface area contributed by atoms with Crippen molar-refractivity contribution in [1.82, 2.24) is 5.32 Å². The zero-order valence-corrected chi connectivity index (χ0v) is 18.9. The van der Waals surface area contributed by atoms with Gasteiger partial charge in [-0.2, -0.15) is 0 Å². The van der Waals surface area contributed by atoms with E-state index in [1.54, 1.807) is 0 Å². The number of nitrogen functional groups attached to an aromatic ring is 1. The Kier molecular flexibility index (Phi) is 17.4. The van der Waals surface area contributed by atoms with Crippen molar-refractivity contribution >= 4 is 11.6 Å². The lowest BCUT2D eigenvalue weighted by molar-refractivity contribution is 0.0951. The van der Waals surface area contributed by atoms with Gasteiger partial charge in [-0.3, -0.25) is 4.79 Å². The van der Waals surface area contributed by atoms with Crippen LogP contribution in [0.25, 0.3) is 0 Å². The zero-order chi connectivity index (χ0) is 24.7. The number of ether oxygens (including phenoxy) is 1. The highest BCUT2D eigenvalue weighted by molar-refractivity contribution is 5.99. The summed E-state index contributed by atoms with van der Waals surface area (Å²) >= 11 is 0. The number of halogens is 4. The second kappa shape index (κ2) is 17.7. The third-order valence-corrected chi connectivity index (χ3v) is 3.97. The number of alkyl halides is 2. The van der Waals surface area contributed by atoms with Crippen molar-refractivity contribution in [2.45, 2.75) is 60.9 Å². The van der Waals surface area contributed by atoms with Crippen LogP contribution in [0.5, 0.6) is 5.75 Å². The van der Waals surface area contributed by atoms with Crippen LogP contribution in [0.4, 0.5) is 23.2 Å². The van der Waals surface area contributed by atoms with E-state index in [4.69, 9.17) is 10.5 Å². The van der Waals surface area contributed by atoms with Gasteiger partial charge in [0.2, 0.25) is 0 Å². The van der Waals surface area contributed by atoms with E-state index in [1.807, 2.05) is 27.7 Å². The Morgan fingerprint density at radius 1 is 1.12 bits per heavy atom. The summed E-state index contributed by atoms with van der Waals surface area (Å²) in [4.78, 5) is 11.9. The van der Waals surface area contributed by atoms with Gasteiger partial charge in [0.1, 0.15) is 5.82 Å². The molecule has 0 atom stereocenters. The van der Waals surface area contributed by atoms with E-state index in [9.17, 15) is 27.5 Å². The van der Waals surface area contributed by atoms with Crippen molar-refractivity contribution in [2.75, 3.05) is 18.9 Å². The predicted molar refractivity (Wildman–Crippen MR) is 124 cm³/mol. The molecule has 0 unspecified atom stereocenters. The topological polar surface area (TPSA) is 84.6 Å². The number of nitrogens with one attached hydrogen (secondary N) is 1. The van der Waals surface area contributed by atoms with Crippen LogP contribution in [0.15, 0.2) is 30.3 Å². The second-order valence-corrected chi connectivity index (χ2v) is 6.01. The lowest BCUT2D eigenvalue weighted by atomic mass is 10.1. The van der Waals surface area contributed by atoms with Crippen LogP contribution in [0.1, 0.15) is 75.9 Å². The number of hydrogen-bond donors (Lipinski definition) is 3. The van der Waals surface area contributed by atoms with Crippen LogP contribution in [-0.2, 0) is 11.3 Å². The Balaban J connectivity index is 0. The molecule has 3 rings (SSSR count). The molecule has 1 amide bonds. The predicted octanol–water partition coefficient (Wildman–Crippen LogP) is 6.61. The number of hydrogen-bond acceptors (Lipinski definition) is 4. The summed E-state index contributed by atoms with van der Waals surface area (Å²) in [5.41, 5.74) is 4.13. The lowest BCUT2D eigenvalue weighted by Gasteiger charge is -2.11. The van der Waals surface area contributed by atoms with Crippen molar-refractivity contribution in [1.29, 1.82) is 0 Å². The molecule has 0 bridgehead atoms. The minimum Gasteiger partial charge on any atom is -0.505 e. The molecule has 2 aromatic rings. The largest absolute Gasteiger partial charge is 0.505 e. The van der Waals surface area contributed by atoms with Crippen molar-refractivity contribution in [2.24, 2.45) is 0 Å². The fraction of sp³-hybridized carbons (Fsp3) is 0.458. The Hall–Kier alpha value is -2.81. The van der Waals surface area contributed by atoms with Gasteiger partial charge in [-0.1, -0.05) is 53.3 Å². The van der Waals surface area contributed by atoms with Crippen LogP contribution < -0.4 is 11.1 Å². The Morgan fingerprint density at radius 3 is 2.18 bits per heavy atom. The van der Waals surface area contributed by atoms with Crippen LogP contribution in [0.3, 0.4) is 0 Å². The molecule has 33 heavy (non-hydrogen) atoms. The summed E-state index contributed by atoms with van der Waals surface area (Å²) in [5, 5.41) is 11.5. The molecule has 0 saturated carbocycles. The number of aromatic hydroxyl groups is 1. The maximum Gasteiger partial charge on any atom is 0.266 e. The standard InChI is InChI=1S/C15H12F4N2O2.C4H8O.2C2H6.CH4/c16-10-5-11(20)9(4-12(10)22)15(23)21-6-7-2-1-3-8(13(7)17)14(18)19;1-2-4-5-3-1;2*1-2;/h1-5,14,22H,6,20H2,(H,21,23);1-4H2;2*1-2H3;1H4. The van der Waals surface area contributed by atoms with Crippen LogP contribution in [-0.4, -0.2) is 24.2 Å². The average Bonchev–Trinajstić information content (AvgIpc) is 3.38. The molecule has 1 saturated heterocycles. The van der Waals surface area contributed by atoms with E-state index in [0.717, 1.165) is 31.4 Å². The zero-order valence-electron chi connectivity index (χ0n) is 18.9. The SMILES string of the molecule is C.C1CCOC1.CC.CC.Nc1cc(F)c(O)cc1C(=O)NCc1cccc(C(F)F)c1F. The Labute approximate surface area is 194 Å². The van der Waals surface area contributed by atoms with Crippen molar-refractivity contribution in [3.63, 3.8) is 0 Å². The number of amides is 1. The number of benzene rings is 2. The van der Waals surface area contributed by atoms with Gasteiger partial charge in [-0.15, -0.1) is 0 Å². The summed E-state index contributed by atoms with van der Waals surface area (Å²) < 4.78 is 57.0.